The summed E-state index contributed by atoms with van der Waals surface area (Å²) in [4.78, 5) is 6.93. The van der Waals surface area contributed by atoms with Crippen LogP contribution in [0, 0.1) is 0 Å². The van der Waals surface area contributed by atoms with Crippen molar-refractivity contribution in [3.05, 3.63) is 16.6 Å². The van der Waals surface area contributed by atoms with E-state index in [1.54, 1.807) is 11.3 Å². The number of hydrogen-bond acceptors (Lipinski definition) is 4. The Morgan fingerprint density at radius 1 is 1.53 bits per heavy atom. The minimum atomic E-state index is 0.572. The molecule has 84 valence electrons. The van der Waals surface area contributed by atoms with E-state index in [4.69, 9.17) is 0 Å². The fraction of sp³-hybridized carbons (Fsp3) is 0.727. The van der Waals surface area contributed by atoms with Gasteiger partial charge in [0.05, 0.1) is 5.01 Å². The van der Waals surface area contributed by atoms with Crippen LogP contribution in [0.5, 0.6) is 0 Å². The predicted molar refractivity (Wildman–Crippen MR) is 64.5 cm³/mol. The van der Waals surface area contributed by atoms with Crippen molar-refractivity contribution in [1.29, 1.82) is 0 Å². The van der Waals surface area contributed by atoms with Gasteiger partial charge in [0.25, 0.3) is 0 Å². The quantitative estimate of drug-likeness (QED) is 0.846. The van der Waals surface area contributed by atoms with Crippen LogP contribution < -0.4 is 5.32 Å². The zero-order valence-electron chi connectivity index (χ0n) is 9.28. The van der Waals surface area contributed by atoms with Crippen molar-refractivity contribution in [2.45, 2.75) is 19.3 Å². The van der Waals surface area contributed by atoms with Gasteiger partial charge < -0.3 is 10.2 Å². The van der Waals surface area contributed by atoms with E-state index in [0.29, 0.717) is 5.92 Å². The van der Waals surface area contributed by atoms with Crippen LogP contribution in [0.25, 0.3) is 0 Å². The van der Waals surface area contributed by atoms with Gasteiger partial charge in [0.2, 0.25) is 0 Å². The molecule has 0 aliphatic carbocycles. The lowest BCUT2D eigenvalue weighted by Crippen LogP contribution is -2.31. The molecule has 0 bridgehead atoms. The molecule has 1 atom stereocenters. The number of rotatable bonds is 3. The molecule has 3 nitrogen and oxygen atoms in total. The summed E-state index contributed by atoms with van der Waals surface area (Å²) >= 11 is 1.77. The van der Waals surface area contributed by atoms with Crippen molar-refractivity contribution < 1.29 is 0 Å². The Morgan fingerprint density at radius 2 is 2.47 bits per heavy atom. The molecule has 0 radical (unpaired) electrons. The fourth-order valence-electron chi connectivity index (χ4n) is 2.03. The van der Waals surface area contributed by atoms with Crippen molar-refractivity contribution in [2.24, 2.45) is 0 Å². The molecule has 0 saturated carbocycles. The van der Waals surface area contributed by atoms with Crippen LogP contribution in [0.2, 0.25) is 0 Å². The number of aromatic nitrogens is 1. The first kappa shape index (κ1) is 11.0. The molecule has 2 rings (SSSR count). The maximum Gasteiger partial charge on any atom is 0.0965 e. The summed E-state index contributed by atoms with van der Waals surface area (Å²) in [6.45, 7) is 8.12. The summed E-state index contributed by atoms with van der Waals surface area (Å²) in [5.74, 6) is 0.572. The van der Waals surface area contributed by atoms with E-state index in [1.807, 2.05) is 6.20 Å². The van der Waals surface area contributed by atoms with Gasteiger partial charge in [0, 0.05) is 37.1 Å². The van der Waals surface area contributed by atoms with Crippen molar-refractivity contribution >= 4 is 11.3 Å². The molecule has 1 saturated heterocycles. The maximum absolute atomic E-state index is 4.38. The van der Waals surface area contributed by atoms with Crippen LogP contribution in [-0.2, 0) is 0 Å². The summed E-state index contributed by atoms with van der Waals surface area (Å²) in [7, 11) is 0. The van der Waals surface area contributed by atoms with Gasteiger partial charge in [0.1, 0.15) is 0 Å². The van der Waals surface area contributed by atoms with Crippen molar-refractivity contribution in [2.75, 3.05) is 32.7 Å². The Hall–Kier alpha value is -0.450. The summed E-state index contributed by atoms with van der Waals surface area (Å²) in [5, 5.41) is 6.77. The van der Waals surface area contributed by atoms with E-state index in [1.165, 1.54) is 31.1 Å². The standard InChI is InChI=1S/C11H19N3S/c1-10(11-13-5-8-15-11)9-14-6-2-3-12-4-7-14/h5,8,10,12H,2-4,6-7,9H2,1H3. The highest BCUT2D eigenvalue weighted by molar-refractivity contribution is 7.09. The Bertz CT molecular complexity index is 265. The molecule has 15 heavy (non-hydrogen) atoms. The van der Waals surface area contributed by atoms with E-state index >= 15 is 0 Å². The fourth-order valence-corrected chi connectivity index (χ4v) is 2.72. The van der Waals surface area contributed by atoms with Gasteiger partial charge in [-0.2, -0.15) is 0 Å². The topological polar surface area (TPSA) is 28.2 Å². The predicted octanol–water partition coefficient (Wildman–Crippen LogP) is 1.54. The molecular weight excluding hydrogens is 206 g/mol. The van der Waals surface area contributed by atoms with Crippen LogP contribution in [0.15, 0.2) is 11.6 Å². The first-order chi connectivity index (χ1) is 7.36. The lowest BCUT2D eigenvalue weighted by Gasteiger charge is -2.22. The molecule has 0 spiro atoms. The molecule has 0 aromatic carbocycles. The number of nitrogens with one attached hydrogen (secondary N) is 1. The highest BCUT2D eigenvalue weighted by Gasteiger charge is 2.14. The highest BCUT2D eigenvalue weighted by Crippen LogP contribution is 2.18. The molecule has 1 unspecified atom stereocenters. The summed E-state index contributed by atoms with van der Waals surface area (Å²) in [5.41, 5.74) is 0. The molecule has 4 heteroatoms. The second kappa shape index (κ2) is 5.58. The first-order valence-electron chi connectivity index (χ1n) is 5.69. The average Bonchev–Trinajstić information content (AvgIpc) is 2.65. The van der Waals surface area contributed by atoms with E-state index < -0.39 is 0 Å². The third-order valence-electron chi connectivity index (χ3n) is 2.84. The molecule has 1 aliphatic rings. The Morgan fingerprint density at radius 3 is 3.27 bits per heavy atom. The van der Waals surface area contributed by atoms with Gasteiger partial charge >= 0.3 is 0 Å². The lowest BCUT2D eigenvalue weighted by molar-refractivity contribution is 0.278. The van der Waals surface area contributed by atoms with Crippen LogP contribution in [0.1, 0.15) is 24.3 Å². The van der Waals surface area contributed by atoms with E-state index in [2.05, 4.69) is 27.5 Å². The Kier molecular flexibility index (Phi) is 4.11. The third kappa shape index (κ3) is 3.26. The number of nitrogens with zero attached hydrogens (tertiary/aromatic N) is 2. The van der Waals surface area contributed by atoms with Crippen LogP contribution in [-0.4, -0.2) is 42.6 Å². The SMILES string of the molecule is CC(CN1CCCNCC1)c1nccs1. The van der Waals surface area contributed by atoms with Crippen LogP contribution >= 0.6 is 11.3 Å². The smallest absolute Gasteiger partial charge is 0.0965 e. The molecule has 1 fully saturated rings. The minimum Gasteiger partial charge on any atom is -0.315 e. The zero-order valence-corrected chi connectivity index (χ0v) is 10.1. The zero-order chi connectivity index (χ0) is 10.5. The molecule has 1 aromatic rings. The number of hydrogen-bond donors (Lipinski definition) is 1. The molecule has 1 aromatic heterocycles. The lowest BCUT2D eigenvalue weighted by atomic mass is 10.2. The van der Waals surface area contributed by atoms with Gasteiger partial charge in [-0.1, -0.05) is 6.92 Å². The van der Waals surface area contributed by atoms with Gasteiger partial charge in [-0.3, -0.25) is 0 Å². The maximum atomic E-state index is 4.38. The highest BCUT2D eigenvalue weighted by atomic mass is 32.1. The normalized spacial score (nSPS) is 21.1. The summed E-state index contributed by atoms with van der Waals surface area (Å²) in [6.07, 6.45) is 3.17. The van der Waals surface area contributed by atoms with E-state index in [-0.39, 0.29) is 0 Å². The van der Waals surface area contributed by atoms with Gasteiger partial charge in [0.15, 0.2) is 0 Å². The Balaban J connectivity index is 1.84. The molecular formula is C11H19N3S. The van der Waals surface area contributed by atoms with Crippen LogP contribution in [0.4, 0.5) is 0 Å². The van der Waals surface area contributed by atoms with Crippen molar-refractivity contribution in [1.82, 2.24) is 15.2 Å². The molecule has 0 amide bonds. The van der Waals surface area contributed by atoms with Crippen molar-refractivity contribution in [3.63, 3.8) is 0 Å². The molecule has 2 heterocycles. The molecule has 1 aliphatic heterocycles. The van der Waals surface area contributed by atoms with Crippen molar-refractivity contribution in [3.8, 4) is 0 Å². The van der Waals surface area contributed by atoms with Gasteiger partial charge in [-0.05, 0) is 19.5 Å². The summed E-state index contributed by atoms with van der Waals surface area (Å²) in [6, 6.07) is 0. The van der Waals surface area contributed by atoms with E-state index in [0.717, 1.165) is 13.1 Å². The second-order valence-corrected chi connectivity index (χ2v) is 5.10. The first-order valence-corrected chi connectivity index (χ1v) is 6.56. The third-order valence-corrected chi connectivity index (χ3v) is 3.84. The Labute approximate surface area is 95.5 Å². The van der Waals surface area contributed by atoms with Crippen LogP contribution in [0.3, 0.4) is 0 Å². The average molecular weight is 225 g/mol. The number of thiazole rings is 1. The van der Waals surface area contributed by atoms with Gasteiger partial charge in [-0.15, -0.1) is 11.3 Å². The van der Waals surface area contributed by atoms with Gasteiger partial charge in [-0.25, -0.2) is 4.98 Å². The largest absolute Gasteiger partial charge is 0.315 e. The second-order valence-electron chi connectivity index (χ2n) is 4.18. The minimum absolute atomic E-state index is 0.572. The summed E-state index contributed by atoms with van der Waals surface area (Å²) < 4.78 is 0. The van der Waals surface area contributed by atoms with E-state index in [9.17, 15) is 0 Å². The molecule has 1 N–H and O–H groups in total. The monoisotopic (exact) mass is 225 g/mol.